The van der Waals surface area contributed by atoms with E-state index < -0.39 is 0 Å². The van der Waals surface area contributed by atoms with Gasteiger partial charge in [0, 0.05) is 36.8 Å². The van der Waals surface area contributed by atoms with Gasteiger partial charge in [-0.05, 0) is 29.8 Å². The van der Waals surface area contributed by atoms with Crippen molar-refractivity contribution in [2.75, 3.05) is 6.54 Å². The normalized spacial score (nSPS) is 10.8. The molecule has 1 amide bonds. The summed E-state index contributed by atoms with van der Waals surface area (Å²) < 4.78 is 1.82. The number of carbonyl (C=O) groups is 1. The average Bonchev–Trinajstić information content (AvgIpc) is 3.11. The lowest BCUT2D eigenvalue weighted by Gasteiger charge is -2.03. The molecule has 0 saturated heterocycles. The third-order valence-electron chi connectivity index (χ3n) is 3.48. The number of benzene rings is 1. The number of nitrogens with one attached hydrogen (secondary N) is 1. The van der Waals surface area contributed by atoms with E-state index in [1.54, 1.807) is 24.5 Å². The van der Waals surface area contributed by atoms with Crippen molar-refractivity contribution in [3.05, 3.63) is 78.8 Å². The van der Waals surface area contributed by atoms with Crippen LogP contribution in [0.25, 0.3) is 17.3 Å². The van der Waals surface area contributed by atoms with Gasteiger partial charge < -0.3 is 5.32 Å². The van der Waals surface area contributed by atoms with Gasteiger partial charge in [0.15, 0.2) is 0 Å². The quantitative estimate of drug-likeness (QED) is 0.711. The highest BCUT2D eigenvalue weighted by Crippen LogP contribution is 2.14. The second-order valence-corrected chi connectivity index (χ2v) is 5.23. The van der Waals surface area contributed by atoms with E-state index in [2.05, 4.69) is 15.4 Å². The molecule has 3 aromatic rings. The van der Waals surface area contributed by atoms with Gasteiger partial charge in [-0.3, -0.25) is 14.5 Å². The number of rotatable bonds is 6. The van der Waals surface area contributed by atoms with E-state index in [0.717, 1.165) is 16.8 Å². The van der Waals surface area contributed by atoms with Crippen LogP contribution in [0.3, 0.4) is 0 Å². The molecule has 0 spiro atoms. The van der Waals surface area contributed by atoms with E-state index in [4.69, 9.17) is 0 Å². The van der Waals surface area contributed by atoms with Crippen LogP contribution in [0.1, 0.15) is 5.56 Å². The van der Waals surface area contributed by atoms with E-state index in [-0.39, 0.29) is 5.91 Å². The molecule has 0 saturated carbocycles. The number of amides is 1. The maximum Gasteiger partial charge on any atom is 0.244 e. The molecule has 2 heterocycles. The molecule has 0 unspecified atom stereocenters. The van der Waals surface area contributed by atoms with Crippen LogP contribution in [0.2, 0.25) is 0 Å². The Hall–Kier alpha value is -3.21. The minimum Gasteiger partial charge on any atom is -0.351 e. The minimum absolute atomic E-state index is 0.111. The molecule has 2 aromatic heterocycles. The van der Waals surface area contributed by atoms with Gasteiger partial charge in [-0.25, -0.2) is 0 Å². The molecule has 1 aromatic carbocycles. The summed E-state index contributed by atoms with van der Waals surface area (Å²) in [6.07, 6.45) is 8.73. The maximum atomic E-state index is 11.8. The lowest BCUT2D eigenvalue weighted by molar-refractivity contribution is -0.116. The van der Waals surface area contributed by atoms with Gasteiger partial charge in [0.05, 0.1) is 12.2 Å². The monoisotopic (exact) mass is 318 g/mol. The molecule has 3 rings (SSSR count). The first-order valence-electron chi connectivity index (χ1n) is 7.76. The summed E-state index contributed by atoms with van der Waals surface area (Å²) in [7, 11) is 0. The molecule has 0 aliphatic carbocycles. The SMILES string of the molecule is O=C(C=Cc1ccccc1)NCCn1ccc(-c2ccncc2)n1. The fraction of sp³-hybridized carbons (Fsp3) is 0.105. The van der Waals surface area contributed by atoms with Gasteiger partial charge in [0.2, 0.25) is 5.91 Å². The molecule has 0 fully saturated rings. The molecule has 120 valence electrons. The van der Waals surface area contributed by atoms with E-state index >= 15 is 0 Å². The fourth-order valence-electron chi connectivity index (χ4n) is 2.25. The molecule has 1 N–H and O–H groups in total. The molecular formula is C19H18N4O. The molecule has 24 heavy (non-hydrogen) atoms. The Labute approximate surface area is 140 Å². The van der Waals surface area contributed by atoms with Gasteiger partial charge >= 0.3 is 0 Å². The highest BCUT2D eigenvalue weighted by Gasteiger charge is 2.02. The number of pyridine rings is 1. The Morgan fingerprint density at radius 1 is 1.08 bits per heavy atom. The van der Waals surface area contributed by atoms with Crippen molar-refractivity contribution < 1.29 is 4.79 Å². The van der Waals surface area contributed by atoms with Crippen LogP contribution in [-0.2, 0) is 11.3 Å². The summed E-state index contributed by atoms with van der Waals surface area (Å²) in [5, 5.41) is 7.34. The maximum absolute atomic E-state index is 11.8. The van der Waals surface area contributed by atoms with Crippen molar-refractivity contribution in [1.82, 2.24) is 20.1 Å². The molecule has 0 radical (unpaired) electrons. The number of nitrogens with zero attached hydrogens (tertiary/aromatic N) is 3. The first-order chi connectivity index (χ1) is 11.8. The van der Waals surface area contributed by atoms with Gasteiger partial charge in [0.1, 0.15) is 0 Å². The first kappa shape index (κ1) is 15.7. The molecule has 5 nitrogen and oxygen atoms in total. The van der Waals surface area contributed by atoms with Crippen molar-refractivity contribution in [2.24, 2.45) is 0 Å². The average molecular weight is 318 g/mol. The van der Waals surface area contributed by atoms with Gasteiger partial charge in [-0.15, -0.1) is 0 Å². The second-order valence-electron chi connectivity index (χ2n) is 5.23. The Bertz CT molecular complexity index is 810. The zero-order valence-electron chi connectivity index (χ0n) is 13.2. The summed E-state index contributed by atoms with van der Waals surface area (Å²) in [4.78, 5) is 15.8. The lowest BCUT2D eigenvalue weighted by Crippen LogP contribution is -2.25. The summed E-state index contributed by atoms with van der Waals surface area (Å²) in [6.45, 7) is 1.14. The van der Waals surface area contributed by atoms with Crippen LogP contribution in [0, 0.1) is 0 Å². The lowest BCUT2D eigenvalue weighted by atomic mass is 10.2. The van der Waals surface area contributed by atoms with E-state index in [1.165, 1.54) is 0 Å². The molecule has 0 bridgehead atoms. The zero-order chi connectivity index (χ0) is 16.6. The highest BCUT2D eigenvalue weighted by molar-refractivity contribution is 5.91. The highest BCUT2D eigenvalue weighted by atomic mass is 16.1. The number of hydrogen-bond donors (Lipinski definition) is 1. The van der Waals surface area contributed by atoms with Crippen LogP contribution < -0.4 is 5.32 Å². The first-order valence-corrected chi connectivity index (χ1v) is 7.76. The van der Waals surface area contributed by atoms with Crippen molar-refractivity contribution in [3.8, 4) is 11.3 Å². The summed E-state index contributed by atoms with van der Waals surface area (Å²) >= 11 is 0. The van der Waals surface area contributed by atoms with Gasteiger partial charge in [-0.2, -0.15) is 5.10 Å². The largest absolute Gasteiger partial charge is 0.351 e. The van der Waals surface area contributed by atoms with Crippen LogP contribution >= 0.6 is 0 Å². The van der Waals surface area contributed by atoms with Crippen molar-refractivity contribution in [1.29, 1.82) is 0 Å². The predicted molar refractivity (Wildman–Crippen MR) is 93.9 cm³/mol. The van der Waals surface area contributed by atoms with Crippen LogP contribution in [0.4, 0.5) is 0 Å². The summed E-state index contributed by atoms with van der Waals surface area (Å²) in [5.41, 5.74) is 2.92. The topological polar surface area (TPSA) is 59.8 Å². The second kappa shape index (κ2) is 7.87. The zero-order valence-corrected chi connectivity index (χ0v) is 13.2. The third kappa shape index (κ3) is 4.39. The summed E-state index contributed by atoms with van der Waals surface area (Å²) in [5.74, 6) is -0.111. The Balaban J connectivity index is 1.47. The minimum atomic E-state index is -0.111. The number of hydrogen-bond acceptors (Lipinski definition) is 3. The van der Waals surface area contributed by atoms with Gasteiger partial charge in [-0.1, -0.05) is 30.3 Å². The van der Waals surface area contributed by atoms with E-state index in [0.29, 0.717) is 13.1 Å². The molecule has 0 aliphatic rings. The van der Waals surface area contributed by atoms with Crippen LogP contribution in [-0.4, -0.2) is 27.2 Å². The van der Waals surface area contributed by atoms with Crippen molar-refractivity contribution in [3.63, 3.8) is 0 Å². The van der Waals surface area contributed by atoms with E-state index in [9.17, 15) is 4.79 Å². The summed E-state index contributed by atoms with van der Waals surface area (Å²) in [6, 6.07) is 15.5. The number of aromatic nitrogens is 3. The predicted octanol–water partition coefficient (Wildman–Crippen LogP) is 2.77. The molecule has 0 atom stereocenters. The van der Waals surface area contributed by atoms with Crippen molar-refractivity contribution in [2.45, 2.75) is 6.54 Å². The third-order valence-corrected chi connectivity index (χ3v) is 3.48. The fourth-order valence-corrected chi connectivity index (χ4v) is 2.25. The smallest absolute Gasteiger partial charge is 0.244 e. The molecule has 5 heteroatoms. The number of carbonyl (C=O) groups excluding carboxylic acids is 1. The van der Waals surface area contributed by atoms with Gasteiger partial charge in [0.25, 0.3) is 0 Å². The van der Waals surface area contributed by atoms with Crippen molar-refractivity contribution >= 4 is 12.0 Å². The molecular weight excluding hydrogens is 300 g/mol. The Morgan fingerprint density at radius 2 is 1.88 bits per heavy atom. The standard InChI is InChI=1S/C19H18N4O/c24-19(7-6-16-4-2-1-3-5-16)21-13-15-23-14-10-18(22-23)17-8-11-20-12-9-17/h1-12,14H,13,15H2,(H,21,24). The van der Waals surface area contributed by atoms with E-state index in [1.807, 2.05) is 59.4 Å². The Kier molecular flexibility index (Phi) is 5.14. The molecule has 0 aliphatic heterocycles. The van der Waals surface area contributed by atoms with Crippen LogP contribution in [0.5, 0.6) is 0 Å². The Morgan fingerprint density at radius 3 is 2.67 bits per heavy atom. The van der Waals surface area contributed by atoms with Crippen LogP contribution in [0.15, 0.2) is 73.2 Å².